The van der Waals surface area contributed by atoms with Gasteiger partial charge >= 0.3 is 0 Å². The van der Waals surface area contributed by atoms with Crippen molar-refractivity contribution in [3.05, 3.63) is 41.2 Å². The highest BCUT2D eigenvalue weighted by molar-refractivity contribution is 6.29. The van der Waals surface area contributed by atoms with E-state index in [1.54, 1.807) is 18.2 Å². The fourth-order valence-corrected chi connectivity index (χ4v) is 1.70. The number of nitrogens with zero attached hydrogens (tertiary/aromatic N) is 1. The Kier molecular flexibility index (Phi) is 7.15. The highest BCUT2D eigenvalue weighted by atomic mass is 35.5. The summed E-state index contributed by atoms with van der Waals surface area (Å²) in [5.41, 5.74) is 1.34. The molecule has 1 heterocycles. The number of ether oxygens (including phenoxy) is 1. The lowest BCUT2D eigenvalue weighted by Gasteiger charge is -2.07. The first-order valence-electron chi connectivity index (χ1n) is 6.30. The first-order valence-corrected chi connectivity index (χ1v) is 6.68. The van der Waals surface area contributed by atoms with Crippen molar-refractivity contribution < 1.29 is 9.53 Å². The summed E-state index contributed by atoms with van der Waals surface area (Å²) in [7, 11) is 0. The Morgan fingerprint density at radius 1 is 1.53 bits per heavy atom. The molecule has 0 spiro atoms. The number of aromatic nitrogens is 1. The zero-order chi connectivity index (χ0) is 14.1. The molecule has 0 bridgehead atoms. The van der Waals surface area contributed by atoms with Gasteiger partial charge in [0.25, 0.3) is 5.91 Å². The van der Waals surface area contributed by atoms with Crippen molar-refractivity contribution in [2.75, 3.05) is 19.8 Å². The van der Waals surface area contributed by atoms with Crippen LogP contribution in [0, 0.1) is 0 Å². The summed E-state index contributed by atoms with van der Waals surface area (Å²) >= 11 is 5.87. The van der Waals surface area contributed by atoms with Crippen molar-refractivity contribution >= 4 is 17.5 Å². The molecule has 4 nitrogen and oxygen atoms in total. The average molecular weight is 283 g/mol. The van der Waals surface area contributed by atoms with Crippen LogP contribution in [0.2, 0.25) is 5.15 Å². The van der Waals surface area contributed by atoms with Crippen LogP contribution in [0.25, 0.3) is 0 Å². The third-order valence-electron chi connectivity index (χ3n) is 2.47. The van der Waals surface area contributed by atoms with E-state index in [1.165, 1.54) is 0 Å². The van der Waals surface area contributed by atoms with Gasteiger partial charge in [-0.25, -0.2) is 4.98 Å². The van der Waals surface area contributed by atoms with Gasteiger partial charge in [0.1, 0.15) is 5.15 Å². The Balaban J connectivity index is 2.40. The first kappa shape index (κ1) is 15.7. The normalized spacial score (nSPS) is 10.2. The quantitative estimate of drug-likeness (QED) is 0.453. The number of hydrogen-bond donors (Lipinski definition) is 1. The Hall–Kier alpha value is -1.39. The predicted octanol–water partition coefficient (Wildman–Crippen LogP) is 2.62. The van der Waals surface area contributed by atoms with Crippen LogP contribution in [-0.4, -0.2) is 30.6 Å². The number of halogens is 1. The van der Waals surface area contributed by atoms with Gasteiger partial charge < -0.3 is 10.1 Å². The molecule has 0 saturated carbocycles. The molecule has 1 aromatic heterocycles. The van der Waals surface area contributed by atoms with E-state index < -0.39 is 0 Å². The van der Waals surface area contributed by atoms with Crippen molar-refractivity contribution in [1.29, 1.82) is 0 Å². The molecule has 19 heavy (non-hydrogen) atoms. The van der Waals surface area contributed by atoms with Crippen molar-refractivity contribution in [3.8, 4) is 0 Å². The Bertz CT molecular complexity index is 435. The number of nitrogens with one attached hydrogen (secondary N) is 1. The topological polar surface area (TPSA) is 51.2 Å². The maximum Gasteiger partial charge on any atom is 0.251 e. The standard InChI is InChI=1S/C14H19ClN2O2/c1-3-5-7-19-8-6-16-14(18)11-9-12(4-2)17-13(15)10-11/h3,9-10H,1,4-8H2,2H3,(H,16,18). The summed E-state index contributed by atoms with van der Waals surface area (Å²) in [6, 6.07) is 3.31. The number of aryl methyl sites for hydroxylation is 1. The molecule has 0 aromatic carbocycles. The molecule has 1 rings (SSSR count). The smallest absolute Gasteiger partial charge is 0.251 e. The minimum Gasteiger partial charge on any atom is -0.379 e. The molecule has 0 saturated heterocycles. The number of carbonyl (C=O) groups is 1. The molecule has 0 radical (unpaired) electrons. The highest BCUT2D eigenvalue weighted by Crippen LogP contribution is 2.11. The Morgan fingerprint density at radius 3 is 3.00 bits per heavy atom. The lowest BCUT2D eigenvalue weighted by molar-refractivity contribution is 0.0917. The second kappa shape index (κ2) is 8.67. The van der Waals surface area contributed by atoms with E-state index in [1.807, 2.05) is 6.92 Å². The summed E-state index contributed by atoms with van der Waals surface area (Å²) in [5.74, 6) is -0.161. The molecule has 0 aliphatic heterocycles. The van der Waals surface area contributed by atoms with Gasteiger partial charge in [-0.2, -0.15) is 0 Å². The fourth-order valence-electron chi connectivity index (χ4n) is 1.47. The van der Waals surface area contributed by atoms with Gasteiger partial charge in [0.2, 0.25) is 0 Å². The van der Waals surface area contributed by atoms with Crippen molar-refractivity contribution in [1.82, 2.24) is 10.3 Å². The minimum atomic E-state index is -0.161. The molecular weight excluding hydrogens is 264 g/mol. The van der Waals surface area contributed by atoms with E-state index in [0.29, 0.717) is 30.5 Å². The summed E-state index contributed by atoms with van der Waals surface area (Å²) in [4.78, 5) is 16.0. The van der Waals surface area contributed by atoms with E-state index in [0.717, 1.165) is 18.5 Å². The summed E-state index contributed by atoms with van der Waals surface area (Å²) < 4.78 is 5.30. The number of carbonyl (C=O) groups excluding carboxylic acids is 1. The van der Waals surface area contributed by atoms with Gasteiger partial charge in [0.05, 0.1) is 13.2 Å². The van der Waals surface area contributed by atoms with E-state index in [-0.39, 0.29) is 5.91 Å². The van der Waals surface area contributed by atoms with E-state index in [9.17, 15) is 4.79 Å². The zero-order valence-corrected chi connectivity index (χ0v) is 11.9. The maximum atomic E-state index is 11.9. The largest absolute Gasteiger partial charge is 0.379 e. The van der Waals surface area contributed by atoms with Crippen LogP contribution in [0.15, 0.2) is 24.8 Å². The monoisotopic (exact) mass is 282 g/mol. The Labute approximate surface area is 118 Å². The van der Waals surface area contributed by atoms with Crippen LogP contribution in [-0.2, 0) is 11.2 Å². The van der Waals surface area contributed by atoms with Crippen LogP contribution in [0.5, 0.6) is 0 Å². The van der Waals surface area contributed by atoms with Gasteiger partial charge in [-0.05, 0) is 25.0 Å². The second-order valence-corrected chi connectivity index (χ2v) is 4.36. The van der Waals surface area contributed by atoms with Crippen molar-refractivity contribution in [2.45, 2.75) is 19.8 Å². The number of rotatable bonds is 8. The van der Waals surface area contributed by atoms with Crippen LogP contribution >= 0.6 is 11.6 Å². The van der Waals surface area contributed by atoms with E-state index in [2.05, 4.69) is 16.9 Å². The molecule has 104 valence electrons. The van der Waals surface area contributed by atoms with Gasteiger partial charge in [-0.15, -0.1) is 6.58 Å². The molecule has 0 unspecified atom stereocenters. The van der Waals surface area contributed by atoms with Crippen LogP contribution in [0.3, 0.4) is 0 Å². The minimum absolute atomic E-state index is 0.161. The van der Waals surface area contributed by atoms with Crippen LogP contribution in [0.1, 0.15) is 29.4 Å². The molecule has 0 fully saturated rings. The van der Waals surface area contributed by atoms with Crippen molar-refractivity contribution in [2.24, 2.45) is 0 Å². The molecule has 1 amide bonds. The van der Waals surface area contributed by atoms with Crippen LogP contribution < -0.4 is 5.32 Å². The van der Waals surface area contributed by atoms with Gasteiger partial charge in [-0.1, -0.05) is 24.6 Å². The molecule has 0 atom stereocenters. The van der Waals surface area contributed by atoms with Gasteiger partial charge in [0.15, 0.2) is 0 Å². The summed E-state index contributed by atoms with van der Waals surface area (Å²) in [6.45, 7) is 7.15. The molecule has 0 aliphatic rings. The average Bonchev–Trinajstić information content (AvgIpc) is 2.41. The van der Waals surface area contributed by atoms with E-state index >= 15 is 0 Å². The fraction of sp³-hybridized carbons (Fsp3) is 0.429. The summed E-state index contributed by atoms with van der Waals surface area (Å²) in [5, 5.41) is 3.12. The molecule has 1 N–H and O–H groups in total. The molecule has 1 aromatic rings. The number of pyridine rings is 1. The second-order valence-electron chi connectivity index (χ2n) is 3.97. The molecule has 0 aliphatic carbocycles. The lowest BCUT2D eigenvalue weighted by atomic mass is 10.2. The van der Waals surface area contributed by atoms with E-state index in [4.69, 9.17) is 16.3 Å². The molecule has 5 heteroatoms. The SMILES string of the molecule is C=CCCOCCNC(=O)c1cc(Cl)nc(CC)c1. The predicted molar refractivity (Wildman–Crippen MR) is 76.6 cm³/mol. The van der Waals surface area contributed by atoms with Crippen molar-refractivity contribution in [3.63, 3.8) is 0 Å². The molecular formula is C14H19ClN2O2. The van der Waals surface area contributed by atoms with Gasteiger partial charge in [-0.3, -0.25) is 4.79 Å². The summed E-state index contributed by atoms with van der Waals surface area (Å²) in [6.07, 6.45) is 3.35. The number of hydrogen-bond acceptors (Lipinski definition) is 3. The lowest BCUT2D eigenvalue weighted by Crippen LogP contribution is -2.27. The Morgan fingerprint density at radius 2 is 2.32 bits per heavy atom. The zero-order valence-electron chi connectivity index (χ0n) is 11.1. The highest BCUT2D eigenvalue weighted by Gasteiger charge is 2.08. The van der Waals surface area contributed by atoms with Crippen LogP contribution in [0.4, 0.5) is 0 Å². The van der Waals surface area contributed by atoms with Gasteiger partial charge in [0, 0.05) is 17.8 Å². The first-order chi connectivity index (χ1) is 9.17. The third-order valence-corrected chi connectivity index (χ3v) is 2.66. The maximum absolute atomic E-state index is 11.9. The number of amides is 1. The third kappa shape index (κ3) is 5.85.